The van der Waals surface area contributed by atoms with Crippen LogP contribution in [0.15, 0.2) is 24.3 Å². The number of fused-ring (bicyclic) bond motifs is 1. The number of benzene rings is 1. The van der Waals surface area contributed by atoms with Crippen molar-refractivity contribution < 1.29 is 4.98 Å². The Kier molecular flexibility index (Phi) is 3.33. The van der Waals surface area contributed by atoms with Crippen molar-refractivity contribution in [3.63, 3.8) is 0 Å². The topological polar surface area (TPSA) is 64.0 Å². The SMILES string of the molecule is N#Cc1c(N)[nH+]c2c(c1-c1ccc(Cl)cc1)CCCC2. The van der Waals surface area contributed by atoms with Crippen molar-refractivity contribution in [3.05, 3.63) is 46.1 Å². The quantitative estimate of drug-likeness (QED) is 0.874. The first-order chi connectivity index (χ1) is 9.70. The Morgan fingerprint density at radius 3 is 2.55 bits per heavy atom. The maximum Gasteiger partial charge on any atom is 0.289 e. The molecule has 0 aliphatic heterocycles. The Labute approximate surface area is 123 Å². The number of nitriles is 1. The van der Waals surface area contributed by atoms with Gasteiger partial charge in [-0.05, 0) is 37.0 Å². The molecular formula is C16H15ClN3+. The number of aryl methyl sites for hydroxylation is 1. The van der Waals surface area contributed by atoms with Gasteiger partial charge in [0.1, 0.15) is 17.3 Å². The first kappa shape index (κ1) is 13.0. The van der Waals surface area contributed by atoms with E-state index in [0.717, 1.165) is 42.5 Å². The number of rotatable bonds is 1. The van der Waals surface area contributed by atoms with Gasteiger partial charge < -0.3 is 0 Å². The first-order valence-electron chi connectivity index (χ1n) is 6.73. The van der Waals surface area contributed by atoms with Gasteiger partial charge in [0, 0.05) is 22.6 Å². The molecule has 2 aromatic rings. The average Bonchev–Trinajstić information content (AvgIpc) is 2.47. The standard InChI is InChI=1S/C16H14ClN3/c17-11-7-5-10(6-8-11)15-12-3-1-2-4-14(12)20-16(19)13(15)9-18/h5-8H,1-4H2,(H2,19,20)/p+1. The maximum atomic E-state index is 9.44. The van der Waals surface area contributed by atoms with E-state index in [4.69, 9.17) is 17.3 Å². The number of hydrogen-bond acceptors (Lipinski definition) is 2. The van der Waals surface area contributed by atoms with Gasteiger partial charge >= 0.3 is 0 Å². The van der Waals surface area contributed by atoms with Crippen LogP contribution in [0.1, 0.15) is 29.7 Å². The zero-order valence-corrected chi connectivity index (χ0v) is 11.8. The van der Waals surface area contributed by atoms with Crippen molar-refractivity contribution in [2.24, 2.45) is 0 Å². The molecule has 1 aromatic heterocycles. The summed E-state index contributed by atoms with van der Waals surface area (Å²) < 4.78 is 0. The predicted molar refractivity (Wildman–Crippen MR) is 79.2 cm³/mol. The average molecular weight is 285 g/mol. The third-order valence-electron chi connectivity index (χ3n) is 3.82. The van der Waals surface area contributed by atoms with Gasteiger partial charge in [-0.1, -0.05) is 23.7 Å². The van der Waals surface area contributed by atoms with Crippen molar-refractivity contribution in [1.29, 1.82) is 5.26 Å². The van der Waals surface area contributed by atoms with Crippen LogP contribution in [-0.2, 0) is 12.8 Å². The molecule has 0 bridgehead atoms. The molecule has 3 N–H and O–H groups in total. The van der Waals surface area contributed by atoms with Crippen LogP contribution in [0, 0.1) is 11.3 Å². The van der Waals surface area contributed by atoms with Crippen molar-refractivity contribution in [2.75, 3.05) is 5.73 Å². The van der Waals surface area contributed by atoms with Crippen LogP contribution in [0.4, 0.5) is 5.82 Å². The summed E-state index contributed by atoms with van der Waals surface area (Å²) in [7, 11) is 0. The molecule has 20 heavy (non-hydrogen) atoms. The number of hydrogen-bond donors (Lipinski definition) is 1. The summed E-state index contributed by atoms with van der Waals surface area (Å²) in [5.41, 5.74) is 10.9. The molecule has 0 unspecified atom stereocenters. The zero-order chi connectivity index (χ0) is 14.1. The van der Waals surface area contributed by atoms with E-state index in [1.54, 1.807) is 0 Å². The second kappa shape index (κ2) is 5.15. The Morgan fingerprint density at radius 1 is 1.15 bits per heavy atom. The fourth-order valence-electron chi connectivity index (χ4n) is 2.88. The molecule has 100 valence electrons. The number of nitrogens with zero attached hydrogens (tertiary/aromatic N) is 1. The molecule has 0 fully saturated rings. The molecule has 0 atom stereocenters. The Balaban J connectivity index is 2.29. The summed E-state index contributed by atoms with van der Waals surface area (Å²) >= 11 is 5.95. The van der Waals surface area contributed by atoms with E-state index >= 15 is 0 Å². The number of nitrogen functional groups attached to an aromatic ring is 1. The highest BCUT2D eigenvalue weighted by Crippen LogP contribution is 2.34. The first-order valence-corrected chi connectivity index (χ1v) is 7.11. The van der Waals surface area contributed by atoms with Gasteiger partial charge in [-0.2, -0.15) is 5.26 Å². The molecule has 4 heteroatoms. The number of anilines is 1. The molecule has 0 saturated heterocycles. The van der Waals surface area contributed by atoms with Crippen LogP contribution in [0.3, 0.4) is 0 Å². The highest BCUT2D eigenvalue weighted by atomic mass is 35.5. The molecule has 3 nitrogen and oxygen atoms in total. The van der Waals surface area contributed by atoms with Crippen molar-refractivity contribution in [1.82, 2.24) is 0 Å². The summed E-state index contributed by atoms with van der Waals surface area (Å²) in [5, 5.41) is 10.1. The van der Waals surface area contributed by atoms with Crippen LogP contribution in [-0.4, -0.2) is 0 Å². The van der Waals surface area contributed by atoms with E-state index in [0.29, 0.717) is 16.4 Å². The van der Waals surface area contributed by atoms with E-state index < -0.39 is 0 Å². The highest BCUT2D eigenvalue weighted by Gasteiger charge is 2.24. The van der Waals surface area contributed by atoms with Crippen LogP contribution in [0.2, 0.25) is 5.02 Å². The van der Waals surface area contributed by atoms with E-state index in [-0.39, 0.29) is 0 Å². The second-order valence-corrected chi connectivity index (χ2v) is 5.51. The van der Waals surface area contributed by atoms with Gasteiger partial charge in [0.25, 0.3) is 5.82 Å². The molecule has 1 aliphatic rings. The third-order valence-corrected chi connectivity index (χ3v) is 4.07. The molecular weight excluding hydrogens is 270 g/mol. The van der Waals surface area contributed by atoms with Gasteiger partial charge in [0.15, 0.2) is 0 Å². The number of pyridine rings is 1. The maximum absolute atomic E-state index is 9.44. The fraction of sp³-hybridized carbons (Fsp3) is 0.250. The van der Waals surface area contributed by atoms with Crippen molar-refractivity contribution in [3.8, 4) is 17.2 Å². The minimum atomic E-state index is 0.457. The van der Waals surface area contributed by atoms with E-state index in [9.17, 15) is 5.26 Å². The van der Waals surface area contributed by atoms with E-state index in [1.165, 1.54) is 5.56 Å². The van der Waals surface area contributed by atoms with Crippen LogP contribution < -0.4 is 10.7 Å². The van der Waals surface area contributed by atoms with Gasteiger partial charge in [-0.25, -0.2) is 4.98 Å². The molecule has 0 saturated carbocycles. The Hall–Kier alpha value is -2.05. The van der Waals surface area contributed by atoms with Crippen LogP contribution >= 0.6 is 11.6 Å². The largest absolute Gasteiger partial charge is 0.289 e. The lowest BCUT2D eigenvalue weighted by Crippen LogP contribution is -2.24. The molecule has 1 heterocycles. The number of nitrogens with two attached hydrogens (primary N) is 1. The van der Waals surface area contributed by atoms with Crippen molar-refractivity contribution >= 4 is 17.4 Å². The molecule has 0 amide bonds. The van der Waals surface area contributed by atoms with Gasteiger partial charge in [0.2, 0.25) is 0 Å². The van der Waals surface area contributed by atoms with Crippen molar-refractivity contribution in [2.45, 2.75) is 25.7 Å². The minimum Gasteiger partial charge on any atom is -0.286 e. The molecule has 3 rings (SSSR count). The Bertz CT molecular complexity index is 699. The molecule has 0 spiro atoms. The summed E-state index contributed by atoms with van der Waals surface area (Å²) in [4.78, 5) is 3.20. The van der Waals surface area contributed by atoms with Gasteiger partial charge in [-0.3, -0.25) is 5.73 Å². The lowest BCUT2D eigenvalue weighted by Gasteiger charge is -2.18. The van der Waals surface area contributed by atoms with Gasteiger partial charge in [-0.15, -0.1) is 0 Å². The van der Waals surface area contributed by atoms with Crippen LogP contribution in [0.25, 0.3) is 11.1 Å². The Morgan fingerprint density at radius 2 is 1.85 bits per heavy atom. The van der Waals surface area contributed by atoms with Crippen LogP contribution in [0.5, 0.6) is 0 Å². The normalized spacial score (nSPS) is 13.6. The molecule has 1 aromatic carbocycles. The monoisotopic (exact) mass is 284 g/mol. The zero-order valence-electron chi connectivity index (χ0n) is 11.0. The highest BCUT2D eigenvalue weighted by molar-refractivity contribution is 6.30. The summed E-state index contributed by atoms with van der Waals surface area (Å²) in [6.45, 7) is 0. The number of halogens is 1. The lowest BCUT2D eigenvalue weighted by atomic mass is 9.87. The smallest absolute Gasteiger partial charge is 0.286 e. The van der Waals surface area contributed by atoms with E-state index in [1.807, 2.05) is 24.3 Å². The molecule has 0 radical (unpaired) electrons. The van der Waals surface area contributed by atoms with E-state index in [2.05, 4.69) is 11.1 Å². The third kappa shape index (κ3) is 2.13. The van der Waals surface area contributed by atoms with Gasteiger partial charge in [0.05, 0.1) is 0 Å². The predicted octanol–water partition coefficient (Wildman–Crippen LogP) is 3.15. The molecule has 1 aliphatic carbocycles. The summed E-state index contributed by atoms with van der Waals surface area (Å²) in [6, 6.07) is 9.84. The summed E-state index contributed by atoms with van der Waals surface area (Å²) in [5.74, 6) is 0.457. The number of aromatic nitrogens is 1. The number of nitrogens with one attached hydrogen (secondary N) is 1. The number of H-pyrrole nitrogens is 1. The lowest BCUT2D eigenvalue weighted by molar-refractivity contribution is -0.374. The second-order valence-electron chi connectivity index (χ2n) is 5.07. The number of aromatic amines is 1. The summed E-state index contributed by atoms with van der Waals surface area (Å²) in [6.07, 6.45) is 4.29. The fourth-order valence-corrected chi connectivity index (χ4v) is 3.01. The minimum absolute atomic E-state index is 0.457.